The lowest BCUT2D eigenvalue weighted by molar-refractivity contribution is -0.134. The molecule has 3 aromatic rings. The Kier molecular flexibility index (Phi) is 6.37. The zero-order valence-electron chi connectivity index (χ0n) is 19.3. The monoisotopic (exact) mass is 508 g/mol. The van der Waals surface area contributed by atoms with Crippen LogP contribution in [0.5, 0.6) is 0 Å². The molecule has 186 valence electrons. The summed E-state index contributed by atoms with van der Waals surface area (Å²) in [5.74, 6) is -4.87. The summed E-state index contributed by atoms with van der Waals surface area (Å²) in [7, 11) is 0. The Morgan fingerprint density at radius 1 is 1.23 bits per heavy atom. The van der Waals surface area contributed by atoms with Crippen LogP contribution in [0.15, 0.2) is 30.3 Å². The van der Waals surface area contributed by atoms with Gasteiger partial charge in [0.15, 0.2) is 0 Å². The number of pyridine rings is 1. The minimum Gasteiger partial charge on any atom is -0.386 e. The average Bonchev–Trinajstić information content (AvgIpc) is 3.11. The van der Waals surface area contributed by atoms with Crippen molar-refractivity contribution in [3.63, 3.8) is 0 Å². The van der Waals surface area contributed by atoms with Crippen molar-refractivity contribution in [1.82, 2.24) is 9.88 Å². The molecule has 1 amide bonds. The molecule has 1 aliphatic rings. The number of benzene rings is 1. The van der Waals surface area contributed by atoms with Crippen molar-refractivity contribution in [1.29, 1.82) is 0 Å². The molecule has 2 aromatic heterocycles. The Bertz CT molecular complexity index is 1270. The number of aromatic nitrogens is 1. The molecule has 0 saturated carbocycles. The van der Waals surface area contributed by atoms with Crippen molar-refractivity contribution in [3.8, 4) is 10.4 Å². The Labute approximate surface area is 203 Å². The topological polar surface area (TPSA) is 91.5 Å². The number of anilines is 2. The van der Waals surface area contributed by atoms with Crippen LogP contribution >= 0.6 is 11.3 Å². The number of hydrogen-bond acceptors (Lipinski definition) is 6. The van der Waals surface area contributed by atoms with Crippen molar-refractivity contribution in [2.75, 3.05) is 18.4 Å². The van der Waals surface area contributed by atoms with Gasteiger partial charge in [0.25, 0.3) is 11.8 Å². The van der Waals surface area contributed by atoms with Gasteiger partial charge in [-0.25, -0.2) is 22.5 Å². The van der Waals surface area contributed by atoms with E-state index in [2.05, 4.69) is 10.3 Å². The highest BCUT2D eigenvalue weighted by molar-refractivity contribution is 7.20. The predicted molar refractivity (Wildman–Crippen MR) is 126 cm³/mol. The van der Waals surface area contributed by atoms with Gasteiger partial charge in [-0.3, -0.25) is 9.69 Å². The van der Waals surface area contributed by atoms with Crippen LogP contribution in [-0.4, -0.2) is 39.9 Å². The van der Waals surface area contributed by atoms with E-state index >= 15 is 0 Å². The molecule has 4 rings (SSSR count). The average molecular weight is 509 g/mol. The van der Waals surface area contributed by atoms with Gasteiger partial charge in [-0.2, -0.15) is 0 Å². The summed E-state index contributed by atoms with van der Waals surface area (Å²) in [6.07, 6.45) is 0. The van der Waals surface area contributed by atoms with Gasteiger partial charge in [-0.05, 0) is 56.2 Å². The van der Waals surface area contributed by atoms with Crippen LogP contribution in [0.1, 0.15) is 41.0 Å². The molecule has 6 nitrogen and oxygen atoms in total. The van der Waals surface area contributed by atoms with E-state index in [-0.39, 0.29) is 39.7 Å². The number of rotatable bonds is 7. The number of nitrogens with two attached hydrogens (primary N) is 1. The Balaban J connectivity index is 1.61. The SMILES string of the molecule is Cc1nc(Nc2sc(-c3c(F)cc(C(C)(C)O)cc3F)cc2C(N)=O)ccc1CN1CC(F)(F)C1. The lowest BCUT2D eigenvalue weighted by Gasteiger charge is -2.38. The molecule has 1 saturated heterocycles. The Morgan fingerprint density at radius 2 is 1.86 bits per heavy atom. The third-order valence-electron chi connectivity index (χ3n) is 5.73. The second-order valence-corrected chi connectivity index (χ2v) is 10.2. The van der Waals surface area contributed by atoms with Crippen LogP contribution in [0, 0.1) is 18.6 Å². The van der Waals surface area contributed by atoms with Gasteiger partial charge in [-0.1, -0.05) is 6.07 Å². The van der Waals surface area contributed by atoms with Crippen molar-refractivity contribution in [3.05, 3.63) is 64.4 Å². The molecular formula is C24H24F4N4O2S. The van der Waals surface area contributed by atoms with Crippen LogP contribution < -0.4 is 11.1 Å². The molecule has 0 aliphatic carbocycles. The molecule has 35 heavy (non-hydrogen) atoms. The molecule has 1 aromatic carbocycles. The normalized spacial score (nSPS) is 15.7. The summed E-state index contributed by atoms with van der Waals surface area (Å²) in [4.78, 5) is 18.2. The summed E-state index contributed by atoms with van der Waals surface area (Å²) in [6, 6.07) is 6.77. The van der Waals surface area contributed by atoms with Crippen LogP contribution in [0.3, 0.4) is 0 Å². The molecule has 1 fully saturated rings. The minimum atomic E-state index is -2.65. The number of halogens is 4. The lowest BCUT2D eigenvalue weighted by atomic mass is 9.96. The third kappa shape index (κ3) is 5.31. The van der Waals surface area contributed by atoms with Crippen LogP contribution in [0.2, 0.25) is 0 Å². The van der Waals surface area contributed by atoms with E-state index in [0.29, 0.717) is 18.1 Å². The van der Waals surface area contributed by atoms with Crippen molar-refractivity contribution >= 4 is 28.1 Å². The fourth-order valence-corrected chi connectivity index (χ4v) is 4.97. The van der Waals surface area contributed by atoms with Gasteiger partial charge in [0.05, 0.1) is 29.8 Å². The number of nitrogens with one attached hydrogen (secondary N) is 1. The van der Waals surface area contributed by atoms with Gasteiger partial charge in [0.1, 0.15) is 22.5 Å². The minimum absolute atomic E-state index is 0.0294. The number of nitrogens with zero attached hydrogens (tertiary/aromatic N) is 2. The largest absolute Gasteiger partial charge is 0.386 e. The first-order valence-corrected chi connectivity index (χ1v) is 11.5. The van der Waals surface area contributed by atoms with Crippen LogP contribution in [0.4, 0.5) is 28.4 Å². The van der Waals surface area contributed by atoms with E-state index in [0.717, 1.165) is 29.0 Å². The number of carbonyl (C=O) groups excluding carboxylic acids is 1. The van der Waals surface area contributed by atoms with E-state index in [9.17, 15) is 27.5 Å². The Morgan fingerprint density at radius 3 is 2.37 bits per heavy atom. The summed E-state index contributed by atoms with van der Waals surface area (Å²) >= 11 is 0.925. The molecule has 0 spiro atoms. The van der Waals surface area contributed by atoms with Gasteiger partial charge < -0.3 is 16.2 Å². The molecule has 0 radical (unpaired) electrons. The third-order valence-corrected chi connectivity index (χ3v) is 6.80. The first kappa shape index (κ1) is 25.1. The van der Waals surface area contributed by atoms with Gasteiger partial charge in [0.2, 0.25) is 0 Å². The van der Waals surface area contributed by atoms with E-state index in [1.165, 1.54) is 19.9 Å². The fraction of sp³-hybridized carbons (Fsp3) is 0.333. The molecule has 11 heteroatoms. The quantitative estimate of drug-likeness (QED) is 0.394. The first-order chi connectivity index (χ1) is 16.2. The number of primary amides is 1. The number of amides is 1. The summed E-state index contributed by atoms with van der Waals surface area (Å²) < 4.78 is 55.8. The van der Waals surface area contributed by atoms with E-state index < -0.39 is 29.1 Å². The number of hydrogen-bond donors (Lipinski definition) is 3. The molecule has 1 aliphatic heterocycles. The number of likely N-dealkylation sites (tertiary alicyclic amines) is 1. The highest BCUT2D eigenvalue weighted by Gasteiger charge is 2.43. The standard InChI is InChI=1S/C24H24F4N4O2S/c1-12-13(9-32-10-24(27,28)11-32)4-5-19(30-12)31-22-15(21(29)33)8-18(35-22)20-16(25)6-14(7-17(20)26)23(2,3)34/h4-8,34H,9-11H2,1-3H3,(H2,29,33)(H,30,31). The van der Waals surface area contributed by atoms with E-state index in [1.54, 1.807) is 24.0 Å². The fourth-order valence-electron chi connectivity index (χ4n) is 3.86. The van der Waals surface area contributed by atoms with E-state index in [4.69, 9.17) is 5.73 Å². The molecule has 0 bridgehead atoms. The van der Waals surface area contributed by atoms with Crippen molar-refractivity contribution < 1.29 is 27.5 Å². The number of aryl methyl sites for hydroxylation is 1. The summed E-state index contributed by atoms with van der Waals surface area (Å²) in [6.45, 7) is 4.31. The second kappa shape index (κ2) is 8.89. The first-order valence-electron chi connectivity index (χ1n) is 10.7. The molecular weight excluding hydrogens is 484 g/mol. The lowest BCUT2D eigenvalue weighted by Crippen LogP contribution is -2.55. The molecule has 4 N–H and O–H groups in total. The number of aliphatic hydroxyl groups is 1. The number of alkyl halides is 2. The predicted octanol–water partition coefficient (Wildman–Crippen LogP) is 4.92. The highest BCUT2D eigenvalue weighted by Crippen LogP contribution is 2.40. The maximum absolute atomic E-state index is 14.8. The molecule has 0 atom stereocenters. The second-order valence-electron chi connectivity index (χ2n) is 9.16. The van der Waals surface area contributed by atoms with Gasteiger partial charge >= 0.3 is 0 Å². The zero-order chi connectivity index (χ0) is 25.7. The van der Waals surface area contributed by atoms with Crippen LogP contribution in [0.25, 0.3) is 10.4 Å². The van der Waals surface area contributed by atoms with Crippen molar-refractivity contribution in [2.45, 2.75) is 38.8 Å². The zero-order valence-corrected chi connectivity index (χ0v) is 20.1. The smallest absolute Gasteiger partial charge is 0.272 e. The van der Waals surface area contributed by atoms with Gasteiger partial charge in [-0.15, -0.1) is 11.3 Å². The van der Waals surface area contributed by atoms with Crippen molar-refractivity contribution in [2.24, 2.45) is 5.73 Å². The number of thiophene rings is 1. The van der Waals surface area contributed by atoms with E-state index in [1.807, 2.05) is 0 Å². The summed E-state index contributed by atoms with van der Waals surface area (Å²) in [5, 5.41) is 13.3. The molecule has 3 heterocycles. The summed E-state index contributed by atoms with van der Waals surface area (Å²) in [5.41, 5.74) is 5.20. The maximum Gasteiger partial charge on any atom is 0.272 e. The Hall–Kier alpha value is -3.02. The van der Waals surface area contributed by atoms with Crippen LogP contribution in [-0.2, 0) is 12.1 Å². The maximum atomic E-state index is 14.8. The van der Waals surface area contributed by atoms with Gasteiger partial charge in [0, 0.05) is 17.1 Å². The number of carbonyl (C=O) groups is 1. The highest BCUT2D eigenvalue weighted by atomic mass is 32.1. The molecule has 0 unspecified atom stereocenters.